The summed E-state index contributed by atoms with van der Waals surface area (Å²) in [5, 5.41) is 11.7. The summed E-state index contributed by atoms with van der Waals surface area (Å²) in [6, 6.07) is -0.113. The molecule has 0 unspecified atom stereocenters. The summed E-state index contributed by atoms with van der Waals surface area (Å²) in [7, 11) is 0. The van der Waals surface area contributed by atoms with E-state index in [1.807, 2.05) is 0 Å². The maximum absolute atomic E-state index is 11.2. The van der Waals surface area contributed by atoms with Gasteiger partial charge in [-0.1, -0.05) is 12.7 Å². The highest BCUT2D eigenvalue weighted by molar-refractivity contribution is 5.75. The van der Waals surface area contributed by atoms with Crippen LogP contribution in [-0.2, 0) is 9.53 Å². The van der Waals surface area contributed by atoms with Crippen LogP contribution in [0.2, 0.25) is 0 Å². The van der Waals surface area contributed by atoms with Crippen molar-refractivity contribution in [3.63, 3.8) is 0 Å². The van der Waals surface area contributed by atoms with Gasteiger partial charge < -0.3 is 15.2 Å². The molecule has 90 valence electrons. The Morgan fingerprint density at radius 1 is 1.69 bits per heavy atom. The van der Waals surface area contributed by atoms with E-state index in [2.05, 4.69) is 11.9 Å². The predicted molar refractivity (Wildman–Crippen MR) is 58.1 cm³/mol. The van der Waals surface area contributed by atoms with Crippen LogP contribution in [0.4, 0.5) is 4.79 Å². The third-order valence-corrected chi connectivity index (χ3v) is 2.91. The number of hydrogen-bond donors (Lipinski definition) is 2. The van der Waals surface area contributed by atoms with Crippen LogP contribution in [0.3, 0.4) is 0 Å². The summed E-state index contributed by atoms with van der Waals surface area (Å²) in [5.74, 6) is -0.809. The predicted octanol–water partition coefficient (Wildman–Crippen LogP) is 1.54. The number of ether oxygens (including phenoxy) is 1. The molecule has 0 spiro atoms. The van der Waals surface area contributed by atoms with Crippen LogP contribution < -0.4 is 5.32 Å². The fraction of sp³-hybridized carbons (Fsp3) is 0.636. The van der Waals surface area contributed by atoms with E-state index in [1.165, 1.54) is 6.08 Å². The topological polar surface area (TPSA) is 75.6 Å². The average molecular weight is 227 g/mol. The molecule has 0 radical (unpaired) electrons. The number of carbonyl (C=O) groups is 2. The van der Waals surface area contributed by atoms with Gasteiger partial charge in [-0.15, -0.1) is 0 Å². The van der Waals surface area contributed by atoms with E-state index in [0.29, 0.717) is 19.3 Å². The quantitative estimate of drug-likeness (QED) is 0.714. The Kier molecular flexibility index (Phi) is 3.93. The lowest BCUT2D eigenvalue weighted by molar-refractivity contribution is -0.147. The number of alkyl carbamates (subject to hydrolysis) is 1. The normalized spacial score (nSPS) is 28.4. The first-order chi connectivity index (χ1) is 7.48. The largest absolute Gasteiger partial charge is 0.481 e. The molecule has 2 atom stereocenters. The monoisotopic (exact) mass is 227 g/mol. The van der Waals surface area contributed by atoms with Crippen LogP contribution in [0.5, 0.6) is 0 Å². The Bertz CT molecular complexity index is 302. The van der Waals surface area contributed by atoms with E-state index in [-0.39, 0.29) is 12.6 Å². The molecule has 0 aromatic carbocycles. The maximum Gasteiger partial charge on any atom is 0.407 e. The number of rotatable bonds is 4. The fourth-order valence-electron chi connectivity index (χ4n) is 1.90. The summed E-state index contributed by atoms with van der Waals surface area (Å²) in [6.07, 6.45) is 2.67. The van der Waals surface area contributed by atoms with Gasteiger partial charge in [0.05, 0.1) is 5.41 Å². The maximum atomic E-state index is 11.2. The first kappa shape index (κ1) is 12.5. The van der Waals surface area contributed by atoms with Crippen molar-refractivity contribution in [1.82, 2.24) is 5.32 Å². The van der Waals surface area contributed by atoms with Crippen LogP contribution in [0.25, 0.3) is 0 Å². The molecule has 0 bridgehead atoms. The average Bonchev–Trinajstić information content (AvgIpc) is 2.58. The van der Waals surface area contributed by atoms with Crippen molar-refractivity contribution in [3.8, 4) is 0 Å². The molecule has 0 aliphatic heterocycles. The molecular weight excluding hydrogens is 210 g/mol. The number of carbonyl (C=O) groups excluding carboxylic acids is 1. The summed E-state index contributed by atoms with van der Waals surface area (Å²) in [5.41, 5.74) is -0.726. The molecule has 16 heavy (non-hydrogen) atoms. The Morgan fingerprint density at radius 3 is 2.88 bits per heavy atom. The molecule has 1 aliphatic rings. The number of hydrogen-bond acceptors (Lipinski definition) is 3. The van der Waals surface area contributed by atoms with Crippen LogP contribution in [0.15, 0.2) is 12.7 Å². The molecule has 5 nitrogen and oxygen atoms in total. The number of carboxylic acids is 1. The molecule has 1 rings (SSSR count). The molecule has 5 heteroatoms. The summed E-state index contributed by atoms with van der Waals surface area (Å²) in [6.45, 7) is 5.29. The molecule has 1 aliphatic carbocycles. The van der Waals surface area contributed by atoms with Gasteiger partial charge in [-0.3, -0.25) is 4.79 Å². The SMILES string of the molecule is C=CCOC(=O)N[C@H]1CC[C@](C)(C(=O)O)C1. The van der Waals surface area contributed by atoms with E-state index < -0.39 is 17.5 Å². The number of carboxylic acid groups (broad SMARTS) is 1. The Labute approximate surface area is 94.5 Å². The van der Waals surface area contributed by atoms with Gasteiger partial charge in [-0.2, -0.15) is 0 Å². The zero-order valence-corrected chi connectivity index (χ0v) is 9.36. The van der Waals surface area contributed by atoms with E-state index in [4.69, 9.17) is 9.84 Å². The second-order valence-electron chi connectivity index (χ2n) is 4.34. The van der Waals surface area contributed by atoms with Gasteiger partial charge >= 0.3 is 12.1 Å². The van der Waals surface area contributed by atoms with Crippen molar-refractivity contribution in [3.05, 3.63) is 12.7 Å². The minimum atomic E-state index is -0.809. The van der Waals surface area contributed by atoms with E-state index in [1.54, 1.807) is 6.92 Å². The van der Waals surface area contributed by atoms with Gasteiger partial charge in [-0.25, -0.2) is 4.79 Å². The molecule has 0 heterocycles. The van der Waals surface area contributed by atoms with E-state index in [9.17, 15) is 9.59 Å². The standard InChI is InChI=1S/C11H17NO4/c1-3-6-16-10(15)12-8-4-5-11(2,7-8)9(13)14/h3,8H,1,4-7H2,2H3,(H,12,15)(H,13,14)/t8-,11-/m0/s1. The minimum Gasteiger partial charge on any atom is -0.481 e. The highest BCUT2D eigenvalue weighted by Gasteiger charge is 2.41. The first-order valence-corrected chi connectivity index (χ1v) is 5.25. The third kappa shape index (κ3) is 2.98. The zero-order chi connectivity index (χ0) is 12.2. The Morgan fingerprint density at radius 2 is 2.38 bits per heavy atom. The minimum absolute atomic E-state index is 0.113. The molecule has 2 N–H and O–H groups in total. The third-order valence-electron chi connectivity index (χ3n) is 2.91. The second-order valence-corrected chi connectivity index (χ2v) is 4.34. The zero-order valence-electron chi connectivity index (χ0n) is 9.36. The van der Waals surface area contributed by atoms with Gasteiger partial charge in [0.15, 0.2) is 0 Å². The van der Waals surface area contributed by atoms with Crippen molar-refractivity contribution in [1.29, 1.82) is 0 Å². The summed E-state index contributed by atoms with van der Waals surface area (Å²) < 4.78 is 4.77. The summed E-state index contributed by atoms with van der Waals surface area (Å²) in [4.78, 5) is 22.2. The fourth-order valence-corrected chi connectivity index (χ4v) is 1.90. The molecular formula is C11H17NO4. The van der Waals surface area contributed by atoms with E-state index in [0.717, 1.165) is 0 Å². The summed E-state index contributed by atoms with van der Waals surface area (Å²) >= 11 is 0. The van der Waals surface area contributed by atoms with Gasteiger partial charge in [0, 0.05) is 6.04 Å². The van der Waals surface area contributed by atoms with Crippen molar-refractivity contribution in [2.45, 2.75) is 32.2 Å². The molecule has 1 saturated carbocycles. The molecule has 0 aromatic rings. The van der Waals surface area contributed by atoms with Crippen molar-refractivity contribution in [2.24, 2.45) is 5.41 Å². The van der Waals surface area contributed by atoms with Gasteiger partial charge in [0.2, 0.25) is 0 Å². The lowest BCUT2D eigenvalue weighted by atomic mass is 9.89. The first-order valence-electron chi connectivity index (χ1n) is 5.25. The lowest BCUT2D eigenvalue weighted by Gasteiger charge is -2.18. The van der Waals surface area contributed by atoms with Gasteiger partial charge in [-0.05, 0) is 26.2 Å². The van der Waals surface area contributed by atoms with Gasteiger partial charge in [0.1, 0.15) is 6.61 Å². The molecule has 0 aromatic heterocycles. The van der Waals surface area contributed by atoms with Gasteiger partial charge in [0.25, 0.3) is 0 Å². The van der Waals surface area contributed by atoms with Crippen LogP contribution >= 0.6 is 0 Å². The van der Waals surface area contributed by atoms with Crippen molar-refractivity contribution >= 4 is 12.1 Å². The van der Waals surface area contributed by atoms with Crippen molar-refractivity contribution in [2.75, 3.05) is 6.61 Å². The van der Waals surface area contributed by atoms with E-state index >= 15 is 0 Å². The second kappa shape index (κ2) is 5.01. The molecule has 1 amide bonds. The lowest BCUT2D eigenvalue weighted by Crippen LogP contribution is -2.35. The number of aliphatic carboxylic acids is 1. The Hall–Kier alpha value is -1.52. The molecule has 1 fully saturated rings. The molecule has 0 saturated heterocycles. The highest BCUT2D eigenvalue weighted by atomic mass is 16.5. The number of amides is 1. The highest BCUT2D eigenvalue weighted by Crippen LogP contribution is 2.37. The smallest absolute Gasteiger partial charge is 0.407 e. The number of nitrogens with one attached hydrogen (secondary N) is 1. The Balaban J connectivity index is 2.39. The van der Waals surface area contributed by atoms with Crippen LogP contribution in [-0.4, -0.2) is 29.8 Å². The van der Waals surface area contributed by atoms with Crippen molar-refractivity contribution < 1.29 is 19.4 Å². The van der Waals surface area contributed by atoms with Crippen LogP contribution in [0, 0.1) is 5.41 Å². The van der Waals surface area contributed by atoms with Crippen LogP contribution in [0.1, 0.15) is 26.2 Å².